The Bertz CT molecular complexity index is 954. The maximum Gasteiger partial charge on any atom is 0.226 e. The van der Waals surface area contributed by atoms with Gasteiger partial charge in [0, 0.05) is 51.6 Å². The van der Waals surface area contributed by atoms with Crippen molar-refractivity contribution in [2.75, 3.05) is 20.6 Å². The van der Waals surface area contributed by atoms with Crippen LogP contribution in [0.2, 0.25) is 5.02 Å². The molecule has 29 heavy (non-hydrogen) atoms. The number of nitrogens with one attached hydrogen (secondary N) is 1. The molecule has 0 saturated heterocycles. The van der Waals surface area contributed by atoms with Crippen molar-refractivity contribution in [1.82, 2.24) is 19.8 Å². The molecular formula is C20H24ClFIN5O. The lowest BCUT2D eigenvalue weighted by Gasteiger charge is -2.22. The van der Waals surface area contributed by atoms with Crippen LogP contribution < -0.4 is 5.32 Å². The van der Waals surface area contributed by atoms with Crippen LogP contribution in [0.3, 0.4) is 0 Å². The molecular weight excluding hydrogens is 508 g/mol. The fraction of sp³-hybridized carbons (Fsp3) is 0.300. The van der Waals surface area contributed by atoms with Gasteiger partial charge in [0.2, 0.25) is 5.89 Å². The predicted molar refractivity (Wildman–Crippen MR) is 124 cm³/mol. The van der Waals surface area contributed by atoms with Crippen LogP contribution in [0.4, 0.5) is 4.39 Å². The Morgan fingerprint density at radius 1 is 1.34 bits per heavy atom. The molecule has 0 aliphatic heterocycles. The molecule has 0 fully saturated rings. The van der Waals surface area contributed by atoms with E-state index >= 15 is 0 Å². The minimum Gasteiger partial charge on any atom is -0.444 e. The molecule has 0 bridgehead atoms. The van der Waals surface area contributed by atoms with Gasteiger partial charge in [0.05, 0.1) is 17.3 Å². The van der Waals surface area contributed by atoms with E-state index in [0.717, 1.165) is 27.9 Å². The topological polar surface area (TPSA) is 58.6 Å². The average molecular weight is 532 g/mol. The first-order chi connectivity index (χ1) is 13.5. The Hall–Kier alpha value is -2.07. The summed E-state index contributed by atoms with van der Waals surface area (Å²) in [6.45, 7) is 1.34. The average Bonchev–Trinajstić information content (AvgIpc) is 3.25. The van der Waals surface area contributed by atoms with Crippen molar-refractivity contribution in [1.29, 1.82) is 0 Å². The monoisotopic (exact) mass is 531 g/mol. The summed E-state index contributed by atoms with van der Waals surface area (Å²) in [6, 6.07) is 8.02. The second kappa shape index (κ2) is 10.6. The summed E-state index contributed by atoms with van der Waals surface area (Å²) in [4.78, 5) is 10.8. The van der Waals surface area contributed by atoms with Crippen LogP contribution in [0.15, 0.2) is 52.2 Å². The van der Waals surface area contributed by atoms with Crippen molar-refractivity contribution in [3.63, 3.8) is 0 Å². The number of hydrogen-bond acceptors (Lipinski definition) is 3. The number of guanidine groups is 1. The zero-order valence-corrected chi connectivity index (χ0v) is 19.6. The fourth-order valence-corrected chi connectivity index (χ4v) is 3.15. The number of benzene rings is 1. The zero-order chi connectivity index (χ0) is 20.1. The van der Waals surface area contributed by atoms with E-state index < -0.39 is 0 Å². The Labute approximate surface area is 191 Å². The lowest BCUT2D eigenvalue weighted by Crippen LogP contribution is -2.39. The van der Waals surface area contributed by atoms with Crippen LogP contribution in [0.5, 0.6) is 0 Å². The summed E-state index contributed by atoms with van der Waals surface area (Å²) in [5, 5.41) is 4.04. The first kappa shape index (κ1) is 23.2. The van der Waals surface area contributed by atoms with Crippen molar-refractivity contribution in [3.8, 4) is 11.5 Å². The number of aryl methyl sites for hydroxylation is 1. The molecule has 0 radical (unpaired) electrons. The summed E-state index contributed by atoms with van der Waals surface area (Å²) in [7, 11) is 5.69. The molecule has 1 N–H and O–H groups in total. The first-order valence-corrected chi connectivity index (χ1v) is 9.27. The van der Waals surface area contributed by atoms with Gasteiger partial charge >= 0.3 is 0 Å². The van der Waals surface area contributed by atoms with Gasteiger partial charge in [0.1, 0.15) is 12.1 Å². The Morgan fingerprint density at radius 2 is 2.07 bits per heavy atom. The molecule has 3 rings (SSSR count). The molecule has 156 valence electrons. The van der Waals surface area contributed by atoms with Gasteiger partial charge < -0.3 is 19.2 Å². The highest BCUT2D eigenvalue weighted by Gasteiger charge is 2.11. The largest absolute Gasteiger partial charge is 0.444 e. The van der Waals surface area contributed by atoms with E-state index in [1.165, 1.54) is 12.1 Å². The van der Waals surface area contributed by atoms with Crippen molar-refractivity contribution in [2.45, 2.75) is 13.0 Å². The molecule has 6 nitrogen and oxygen atoms in total. The van der Waals surface area contributed by atoms with E-state index in [9.17, 15) is 4.39 Å². The van der Waals surface area contributed by atoms with Gasteiger partial charge in [-0.3, -0.25) is 4.99 Å². The minimum absolute atomic E-state index is 0. The van der Waals surface area contributed by atoms with Crippen molar-refractivity contribution < 1.29 is 8.81 Å². The Balaban J connectivity index is 0.00000300. The third kappa shape index (κ3) is 6.20. The van der Waals surface area contributed by atoms with Gasteiger partial charge in [0.25, 0.3) is 0 Å². The highest BCUT2D eigenvalue weighted by Crippen LogP contribution is 2.19. The molecule has 0 aliphatic rings. The van der Waals surface area contributed by atoms with Crippen LogP contribution in [0.25, 0.3) is 11.5 Å². The second-order valence-electron chi connectivity index (χ2n) is 6.49. The maximum absolute atomic E-state index is 13.0. The van der Waals surface area contributed by atoms with Gasteiger partial charge in [-0.25, -0.2) is 9.37 Å². The van der Waals surface area contributed by atoms with Gasteiger partial charge in [-0.15, -0.1) is 24.0 Å². The maximum atomic E-state index is 13.0. The van der Waals surface area contributed by atoms with Gasteiger partial charge in [-0.05, 0) is 30.3 Å². The number of oxazole rings is 1. The first-order valence-electron chi connectivity index (χ1n) is 8.89. The SMILES string of the molecule is CN=C(NCCc1coc(-c2ccc(F)cc2)n1)N(C)Cc1cc(Cl)cn1C.I. The quantitative estimate of drug-likeness (QED) is 0.292. The molecule has 9 heteroatoms. The molecule has 0 spiro atoms. The molecule has 0 unspecified atom stereocenters. The van der Waals surface area contributed by atoms with Crippen LogP contribution >= 0.6 is 35.6 Å². The van der Waals surface area contributed by atoms with Gasteiger partial charge in [-0.1, -0.05) is 11.6 Å². The number of hydrogen-bond donors (Lipinski definition) is 1. The Kier molecular flexibility index (Phi) is 8.51. The van der Waals surface area contributed by atoms with Crippen LogP contribution in [-0.4, -0.2) is 41.1 Å². The van der Waals surface area contributed by atoms with E-state index in [1.807, 2.05) is 35.8 Å². The third-order valence-corrected chi connectivity index (χ3v) is 4.56. The molecule has 0 saturated carbocycles. The number of aromatic nitrogens is 2. The molecule has 2 heterocycles. The standard InChI is InChI=1S/C20H23ClFN5O.HI/c1-23-20(27(3)12-18-10-15(21)11-26(18)2)24-9-8-17-13-28-19(25-17)14-4-6-16(22)7-5-14;/h4-7,10-11,13H,8-9,12H2,1-3H3,(H,23,24);1H. The summed E-state index contributed by atoms with van der Waals surface area (Å²) in [5.74, 6) is 0.976. The van der Waals surface area contributed by atoms with Crippen molar-refractivity contribution in [3.05, 3.63) is 65.0 Å². The summed E-state index contributed by atoms with van der Waals surface area (Å²) in [5.41, 5.74) is 2.66. The van der Waals surface area contributed by atoms with Gasteiger partial charge in [-0.2, -0.15) is 0 Å². The van der Waals surface area contributed by atoms with Crippen molar-refractivity contribution >= 4 is 41.5 Å². The normalized spacial score (nSPS) is 11.3. The lowest BCUT2D eigenvalue weighted by molar-refractivity contribution is 0.462. The zero-order valence-electron chi connectivity index (χ0n) is 16.5. The smallest absolute Gasteiger partial charge is 0.226 e. The molecule has 3 aromatic rings. The Morgan fingerprint density at radius 3 is 2.69 bits per heavy atom. The second-order valence-corrected chi connectivity index (χ2v) is 6.93. The molecule has 0 atom stereocenters. The van der Waals surface area contributed by atoms with Crippen LogP contribution in [-0.2, 0) is 20.0 Å². The van der Waals surface area contributed by atoms with E-state index in [0.29, 0.717) is 25.4 Å². The number of rotatable bonds is 6. The highest BCUT2D eigenvalue weighted by atomic mass is 127. The number of aliphatic imine (C=N–C) groups is 1. The molecule has 1 aromatic carbocycles. The van der Waals surface area contributed by atoms with Crippen molar-refractivity contribution in [2.24, 2.45) is 12.0 Å². The lowest BCUT2D eigenvalue weighted by atomic mass is 10.2. The van der Waals surface area contributed by atoms with E-state index in [2.05, 4.69) is 15.3 Å². The third-order valence-electron chi connectivity index (χ3n) is 4.35. The minimum atomic E-state index is -0.284. The summed E-state index contributed by atoms with van der Waals surface area (Å²) >= 11 is 6.05. The summed E-state index contributed by atoms with van der Waals surface area (Å²) in [6.07, 6.45) is 4.18. The van der Waals surface area contributed by atoms with E-state index in [-0.39, 0.29) is 29.8 Å². The van der Waals surface area contributed by atoms with E-state index in [4.69, 9.17) is 16.0 Å². The van der Waals surface area contributed by atoms with Gasteiger partial charge in [0.15, 0.2) is 5.96 Å². The van der Waals surface area contributed by atoms with Crippen LogP contribution in [0.1, 0.15) is 11.4 Å². The highest BCUT2D eigenvalue weighted by molar-refractivity contribution is 14.0. The van der Waals surface area contributed by atoms with E-state index in [1.54, 1.807) is 25.4 Å². The number of nitrogens with zero attached hydrogens (tertiary/aromatic N) is 4. The fourth-order valence-electron chi connectivity index (χ4n) is 2.88. The number of halogens is 3. The predicted octanol–water partition coefficient (Wildman–Crippen LogP) is 4.34. The summed E-state index contributed by atoms with van der Waals surface area (Å²) < 4.78 is 20.5. The molecule has 0 amide bonds. The molecule has 0 aliphatic carbocycles. The van der Waals surface area contributed by atoms with Crippen LogP contribution in [0, 0.1) is 5.82 Å². The molecule has 2 aromatic heterocycles.